The van der Waals surface area contributed by atoms with Crippen LogP contribution in [0.2, 0.25) is 5.02 Å². The standard InChI is InChI=1S/C14H21ClN2/c15-11-8-9-13(16)14(10-11)17-12-6-4-2-1-3-5-7-12/h8-10,12,17H,1-7,16H2. The topological polar surface area (TPSA) is 38.0 Å². The fraction of sp³-hybridized carbons (Fsp3) is 0.571. The van der Waals surface area contributed by atoms with Gasteiger partial charge in [-0.15, -0.1) is 0 Å². The molecule has 94 valence electrons. The van der Waals surface area contributed by atoms with Crippen LogP contribution in [-0.2, 0) is 0 Å². The summed E-state index contributed by atoms with van der Waals surface area (Å²) in [6.45, 7) is 0. The maximum absolute atomic E-state index is 6.00. The van der Waals surface area contributed by atoms with Crippen LogP contribution >= 0.6 is 11.6 Å². The highest BCUT2D eigenvalue weighted by atomic mass is 35.5. The number of rotatable bonds is 2. The molecule has 3 N–H and O–H groups in total. The molecular formula is C14H21ClN2. The first-order valence-electron chi connectivity index (χ1n) is 6.57. The normalized spacial score (nSPS) is 18.4. The van der Waals surface area contributed by atoms with Crippen LogP contribution in [0.5, 0.6) is 0 Å². The molecule has 2 nitrogen and oxygen atoms in total. The Hall–Kier alpha value is -0.890. The maximum atomic E-state index is 6.00. The van der Waals surface area contributed by atoms with Gasteiger partial charge in [0, 0.05) is 11.1 Å². The Labute approximate surface area is 109 Å². The van der Waals surface area contributed by atoms with Crippen molar-refractivity contribution in [3.8, 4) is 0 Å². The summed E-state index contributed by atoms with van der Waals surface area (Å²) in [5.74, 6) is 0. The number of benzene rings is 1. The maximum Gasteiger partial charge on any atom is 0.0590 e. The third-order valence-electron chi connectivity index (χ3n) is 3.48. The zero-order valence-electron chi connectivity index (χ0n) is 10.2. The first kappa shape index (κ1) is 12.6. The third kappa shape index (κ3) is 3.81. The molecule has 1 saturated carbocycles. The van der Waals surface area contributed by atoms with Crippen LogP contribution in [0.4, 0.5) is 11.4 Å². The fourth-order valence-electron chi connectivity index (χ4n) is 2.47. The highest BCUT2D eigenvalue weighted by molar-refractivity contribution is 6.31. The molecular weight excluding hydrogens is 232 g/mol. The quantitative estimate of drug-likeness (QED) is 0.764. The van der Waals surface area contributed by atoms with Gasteiger partial charge in [-0.25, -0.2) is 0 Å². The molecule has 0 bridgehead atoms. The van der Waals surface area contributed by atoms with Crippen molar-refractivity contribution in [2.75, 3.05) is 11.1 Å². The summed E-state index contributed by atoms with van der Waals surface area (Å²) in [4.78, 5) is 0. The molecule has 17 heavy (non-hydrogen) atoms. The molecule has 0 aromatic heterocycles. The average molecular weight is 253 g/mol. The zero-order chi connectivity index (χ0) is 12.1. The van der Waals surface area contributed by atoms with Crippen molar-refractivity contribution < 1.29 is 0 Å². The highest BCUT2D eigenvalue weighted by Gasteiger charge is 2.12. The lowest BCUT2D eigenvalue weighted by molar-refractivity contribution is 0.471. The van der Waals surface area contributed by atoms with Crippen molar-refractivity contribution in [3.05, 3.63) is 23.2 Å². The molecule has 1 aromatic rings. The lowest BCUT2D eigenvalue weighted by Crippen LogP contribution is -2.21. The molecule has 0 amide bonds. The highest BCUT2D eigenvalue weighted by Crippen LogP contribution is 2.26. The van der Waals surface area contributed by atoms with Crippen molar-refractivity contribution in [2.45, 2.75) is 51.0 Å². The van der Waals surface area contributed by atoms with Crippen LogP contribution in [0.3, 0.4) is 0 Å². The number of nitrogens with one attached hydrogen (secondary N) is 1. The molecule has 1 aliphatic rings. The van der Waals surface area contributed by atoms with E-state index < -0.39 is 0 Å². The lowest BCUT2D eigenvalue weighted by Gasteiger charge is -2.23. The van der Waals surface area contributed by atoms with Gasteiger partial charge >= 0.3 is 0 Å². The molecule has 3 heteroatoms. The Morgan fingerprint density at radius 3 is 2.41 bits per heavy atom. The van der Waals surface area contributed by atoms with E-state index >= 15 is 0 Å². The summed E-state index contributed by atoms with van der Waals surface area (Å²) in [6.07, 6.45) is 9.24. The second kappa shape index (κ2) is 6.15. The second-order valence-electron chi connectivity index (χ2n) is 4.92. The van der Waals surface area contributed by atoms with Gasteiger partial charge in [-0.1, -0.05) is 43.7 Å². The van der Waals surface area contributed by atoms with Gasteiger partial charge in [0.05, 0.1) is 11.4 Å². The van der Waals surface area contributed by atoms with Gasteiger partial charge in [-0.2, -0.15) is 0 Å². The van der Waals surface area contributed by atoms with Gasteiger partial charge in [-0.05, 0) is 31.0 Å². The molecule has 0 spiro atoms. The van der Waals surface area contributed by atoms with E-state index in [4.69, 9.17) is 17.3 Å². The van der Waals surface area contributed by atoms with Crippen LogP contribution in [0.1, 0.15) is 44.9 Å². The van der Waals surface area contributed by atoms with E-state index in [2.05, 4.69) is 5.32 Å². The van der Waals surface area contributed by atoms with Crippen LogP contribution < -0.4 is 11.1 Å². The van der Waals surface area contributed by atoms with E-state index in [0.29, 0.717) is 6.04 Å². The first-order chi connectivity index (χ1) is 8.25. The molecule has 1 fully saturated rings. The van der Waals surface area contributed by atoms with Crippen LogP contribution in [0.15, 0.2) is 18.2 Å². The van der Waals surface area contributed by atoms with Crippen molar-refractivity contribution in [1.29, 1.82) is 0 Å². The average Bonchev–Trinajstić information content (AvgIpc) is 2.27. The van der Waals surface area contributed by atoms with Crippen molar-refractivity contribution in [3.63, 3.8) is 0 Å². The molecule has 0 heterocycles. The van der Waals surface area contributed by atoms with E-state index in [-0.39, 0.29) is 0 Å². The predicted molar refractivity (Wildman–Crippen MR) is 75.6 cm³/mol. The minimum Gasteiger partial charge on any atom is -0.397 e. The van der Waals surface area contributed by atoms with Crippen LogP contribution in [-0.4, -0.2) is 6.04 Å². The van der Waals surface area contributed by atoms with E-state index in [1.807, 2.05) is 18.2 Å². The summed E-state index contributed by atoms with van der Waals surface area (Å²) < 4.78 is 0. The molecule has 0 unspecified atom stereocenters. The third-order valence-corrected chi connectivity index (χ3v) is 3.72. The number of hydrogen-bond acceptors (Lipinski definition) is 2. The molecule has 2 rings (SSSR count). The Kier molecular flexibility index (Phi) is 4.55. The molecule has 1 aromatic carbocycles. The fourth-order valence-corrected chi connectivity index (χ4v) is 2.65. The predicted octanol–water partition coefficient (Wildman–Crippen LogP) is 4.45. The Bertz CT molecular complexity index is 357. The minimum absolute atomic E-state index is 0.552. The number of halogens is 1. The SMILES string of the molecule is Nc1ccc(Cl)cc1NC1CCCCCCC1. The van der Waals surface area contributed by atoms with Gasteiger partial charge in [0.25, 0.3) is 0 Å². The van der Waals surface area contributed by atoms with Crippen LogP contribution in [0, 0.1) is 0 Å². The van der Waals surface area contributed by atoms with Gasteiger partial charge in [0.2, 0.25) is 0 Å². The van der Waals surface area contributed by atoms with Crippen LogP contribution in [0.25, 0.3) is 0 Å². The molecule has 0 atom stereocenters. The van der Waals surface area contributed by atoms with Gasteiger partial charge < -0.3 is 11.1 Å². The smallest absolute Gasteiger partial charge is 0.0590 e. The van der Waals surface area contributed by atoms with Gasteiger partial charge in [0.1, 0.15) is 0 Å². The summed E-state index contributed by atoms with van der Waals surface area (Å²) in [6, 6.07) is 6.18. The number of nitrogen functional groups attached to an aromatic ring is 1. The monoisotopic (exact) mass is 252 g/mol. The largest absolute Gasteiger partial charge is 0.397 e. The molecule has 0 radical (unpaired) electrons. The number of hydrogen-bond donors (Lipinski definition) is 2. The van der Waals surface area contributed by atoms with Gasteiger partial charge in [-0.3, -0.25) is 0 Å². The van der Waals surface area contributed by atoms with E-state index in [1.54, 1.807) is 0 Å². The van der Waals surface area contributed by atoms with E-state index in [0.717, 1.165) is 16.4 Å². The summed E-state index contributed by atoms with van der Waals surface area (Å²) >= 11 is 6.00. The second-order valence-corrected chi connectivity index (χ2v) is 5.35. The lowest BCUT2D eigenvalue weighted by atomic mass is 9.96. The Morgan fingerprint density at radius 2 is 1.71 bits per heavy atom. The number of anilines is 2. The Balaban J connectivity index is 2.00. The molecule has 1 aliphatic carbocycles. The summed E-state index contributed by atoms with van der Waals surface area (Å²) in [5.41, 5.74) is 7.73. The zero-order valence-corrected chi connectivity index (χ0v) is 11.0. The summed E-state index contributed by atoms with van der Waals surface area (Å²) in [5, 5.41) is 4.29. The van der Waals surface area contributed by atoms with Crippen molar-refractivity contribution in [1.82, 2.24) is 0 Å². The van der Waals surface area contributed by atoms with E-state index in [1.165, 1.54) is 44.9 Å². The minimum atomic E-state index is 0.552. The Morgan fingerprint density at radius 1 is 1.06 bits per heavy atom. The van der Waals surface area contributed by atoms with Gasteiger partial charge in [0.15, 0.2) is 0 Å². The summed E-state index contributed by atoms with van der Waals surface area (Å²) in [7, 11) is 0. The molecule has 0 aliphatic heterocycles. The molecule has 0 saturated heterocycles. The van der Waals surface area contributed by atoms with Crippen molar-refractivity contribution in [2.24, 2.45) is 0 Å². The number of nitrogens with two attached hydrogens (primary N) is 1. The van der Waals surface area contributed by atoms with Crippen molar-refractivity contribution >= 4 is 23.0 Å². The first-order valence-corrected chi connectivity index (χ1v) is 6.95. The van der Waals surface area contributed by atoms with E-state index in [9.17, 15) is 0 Å².